The van der Waals surface area contributed by atoms with Crippen molar-refractivity contribution in [1.82, 2.24) is 10.2 Å². The van der Waals surface area contributed by atoms with E-state index in [1.165, 1.54) is 0 Å². The van der Waals surface area contributed by atoms with Gasteiger partial charge in [-0.3, -0.25) is 4.79 Å². The van der Waals surface area contributed by atoms with E-state index in [-0.39, 0.29) is 12.5 Å². The Bertz CT molecular complexity index is 717. The Morgan fingerprint density at radius 2 is 1.76 bits per heavy atom. The van der Waals surface area contributed by atoms with E-state index in [0.717, 1.165) is 5.56 Å². The minimum atomic E-state index is -0.450. The topological polar surface area (TPSA) is 61.4 Å². The van der Waals surface area contributed by atoms with Gasteiger partial charge in [0.15, 0.2) is 0 Å². The number of hydrogen-bond donors (Lipinski definition) is 2. The second-order valence-electron chi connectivity index (χ2n) is 5.36. The Hall–Kier alpha value is -2.79. The molecule has 2 rings (SSSR count). The third-order valence-corrected chi connectivity index (χ3v) is 3.67. The molecule has 25 heavy (non-hydrogen) atoms. The van der Waals surface area contributed by atoms with Crippen molar-refractivity contribution in [2.24, 2.45) is 0 Å². The fourth-order valence-corrected chi connectivity index (χ4v) is 2.32. The summed E-state index contributed by atoms with van der Waals surface area (Å²) in [5.74, 6) is -0.185. The number of carbonyl (C=O) groups excluding carboxylic acids is 2. The third-order valence-electron chi connectivity index (χ3n) is 3.42. The number of amides is 3. The van der Waals surface area contributed by atoms with Crippen molar-refractivity contribution in [1.29, 1.82) is 0 Å². The minimum absolute atomic E-state index is 0.0971. The van der Waals surface area contributed by atoms with Gasteiger partial charge in [-0.1, -0.05) is 48.0 Å². The Labute approximate surface area is 152 Å². The maximum atomic E-state index is 12.4. The Kier molecular flexibility index (Phi) is 7.04. The molecule has 0 heterocycles. The first kappa shape index (κ1) is 18.5. The number of halogens is 1. The fourth-order valence-electron chi connectivity index (χ4n) is 2.19. The number of carbonyl (C=O) groups is 2. The van der Waals surface area contributed by atoms with Gasteiger partial charge in [-0.05, 0) is 29.8 Å². The van der Waals surface area contributed by atoms with Crippen LogP contribution in [0, 0.1) is 0 Å². The molecule has 5 nitrogen and oxygen atoms in total. The summed E-state index contributed by atoms with van der Waals surface area (Å²) >= 11 is 5.80. The SMILES string of the molecule is C=CCN(Cc1ccccc1)C(=O)CNC(=O)Nc1ccc(Cl)cc1. The van der Waals surface area contributed by atoms with E-state index in [2.05, 4.69) is 17.2 Å². The van der Waals surface area contributed by atoms with Gasteiger partial charge in [-0.2, -0.15) is 0 Å². The number of benzene rings is 2. The van der Waals surface area contributed by atoms with Crippen LogP contribution < -0.4 is 10.6 Å². The summed E-state index contributed by atoms with van der Waals surface area (Å²) in [5, 5.41) is 5.79. The number of nitrogens with one attached hydrogen (secondary N) is 2. The Morgan fingerprint density at radius 1 is 1.08 bits per heavy atom. The molecule has 0 aliphatic heterocycles. The zero-order valence-corrected chi connectivity index (χ0v) is 14.5. The van der Waals surface area contributed by atoms with Gasteiger partial charge in [-0.15, -0.1) is 6.58 Å². The van der Waals surface area contributed by atoms with E-state index in [4.69, 9.17) is 11.6 Å². The lowest BCUT2D eigenvalue weighted by Gasteiger charge is -2.21. The molecule has 0 fully saturated rings. The summed E-state index contributed by atoms with van der Waals surface area (Å²) in [7, 11) is 0. The van der Waals surface area contributed by atoms with Gasteiger partial charge >= 0.3 is 6.03 Å². The molecule has 130 valence electrons. The molecule has 0 aliphatic carbocycles. The molecule has 0 bridgehead atoms. The lowest BCUT2D eigenvalue weighted by molar-refractivity contribution is -0.130. The second kappa shape index (κ2) is 9.49. The van der Waals surface area contributed by atoms with Crippen molar-refractivity contribution in [3.05, 3.63) is 77.8 Å². The van der Waals surface area contributed by atoms with Crippen LogP contribution in [0.2, 0.25) is 5.02 Å². The van der Waals surface area contributed by atoms with E-state index in [1.807, 2.05) is 30.3 Å². The predicted molar refractivity (Wildman–Crippen MR) is 101 cm³/mol. The molecule has 3 amide bonds. The van der Waals surface area contributed by atoms with Crippen LogP contribution in [-0.2, 0) is 11.3 Å². The molecule has 6 heteroatoms. The molecule has 2 aromatic carbocycles. The van der Waals surface area contributed by atoms with Crippen molar-refractivity contribution < 1.29 is 9.59 Å². The predicted octanol–water partition coefficient (Wildman–Crippen LogP) is 3.68. The van der Waals surface area contributed by atoms with Crippen molar-refractivity contribution in [2.45, 2.75) is 6.54 Å². The largest absolute Gasteiger partial charge is 0.333 e. The van der Waals surface area contributed by atoms with Gasteiger partial charge in [0.2, 0.25) is 5.91 Å². The third kappa shape index (κ3) is 6.31. The summed E-state index contributed by atoms with van der Waals surface area (Å²) < 4.78 is 0. The average molecular weight is 358 g/mol. The highest BCUT2D eigenvalue weighted by Gasteiger charge is 2.13. The smallest absolute Gasteiger partial charge is 0.319 e. The molecule has 2 aromatic rings. The van der Waals surface area contributed by atoms with Crippen molar-refractivity contribution in [3.8, 4) is 0 Å². The van der Waals surface area contributed by atoms with Gasteiger partial charge in [0.05, 0.1) is 6.54 Å². The van der Waals surface area contributed by atoms with E-state index in [9.17, 15) is 9.59 Å². The van der Waals surface area contributed by atoms with E-state index < -0.39 is 6.03 Å². The first-order chi connectivity index (χ1) is 12.1. The summed E-state index contributed by atoms with van der Waals surface area (Å²) in [5.41, 5.74) is 1.62. The van der Waals surface area contributed by atoms with Gasteiger partial charge in [0.1, 0.15) is 0 Å². The van der Waals surface area contributed by atoms with Gasteiger partial charge in [0.25, 0.3) is 0 Å². The van der Waals surface area contributed by atoms with Crippen LogP contribution in [-0.4, -0.2) is 29.9 Å². The van der Waals surface area contributed by atoms with Crippen molar-refractivity contribution in [3.63, 3.8) is 0 Å². The van der Waals surface area contributed by atoms with Gasteiger partial charge < -0.3 is 15.5 Å². The lowest BCUT2D eigenvalue weighted by atomic mass is 10.2. The molecule has 0 atom stereocenters. The van der Waals surface area contributed by atoms with E-state index >= 15 is 0 Å². The highest BCUT2D eigenvalue weighted by Crippen LogP contribution is 2.13. The minimum Gasteiger partial charge on any atom is -0.333 e. The van der Waals surface area contributed by atoms with Crippen LogP contribution in [0.15, 0.2) is 67.3 Å². The Morgan fingerprint density at radius 3 is 2.40 bits per heavy atom. The number of rotatable bonds is 7. The number of urea groups is 1. The summed E-state index contributed by atoms with van der Waals surface area (Å²) in [6.07, 6.45) is 1.66. The van der Waals surface area contributed by atoms with Crippen LogP contribution in [0.25, 0.3) is 0 Å². The van der Waals surface area contributed by atoms with Crippen LogP contribution in [0.5, 0.6) is 0 Å². The normalized spacial score (nSPS) is 9.96. The molecule has 0 aliphatic rings. The maximum absolute atomic E-state index is 12.4. The molecule has 2 N–H and O–H groups in total. The number of anilines is 1. The number of nitrogens with zero attached hydrogens (tertiary/aromatic N) is 1. The molecular weight excluding hydrogens is 338 g/mol. The highest BCUT2D eigenvalue weighted by atomic mass is 35.5. The summed E-state index contributed by atoms with van der Waals surface area (Å²) in [6, 6.07) is 15.9. The zero-order chi connectivity index (χ0) is 18.1. The summed E-state index contributed by atoms with van der Waals surface area (Å²) in [4.78, 5) is 25.9. The van der Waals surface area contributed by atoms with Crippen LogP contribution in [0.1, 0.15) is 5.56 Å². The van der Waals surface area contributed by atoms with Crippen LogP contribution in [0.4, 0.5) is 10.5 Å². The monoisotopic (exact) mass is 357 g/mol. The molecular formula is C19H20ClN3O2. The highest BCUT2D eigenvalue weighted by molar-refractivity contribution is 6.30. The molecule has 0 saturated heterocycles. The molecule has 0 aromatic heterocycles. The second-order valence-corrected chi connectivity index (χ2v) is 5.80. The van der Waals surface area contributed by atoms with Gasteiger partial charge in [-0.25, -0.2) is 4.79 Å². The fraction of sp³-hybridized carbons (Fsp3) is 0.158. The van der Waals surface area contributed by atoms with Crippen LogP contribution >= 0.6 is 11.6 Å². The Balaban J connectivity index is 1.86. The molecule has 0 spiro atoms. The first-order valence-electron chi connectivity index (χ1n) is 7.81. The van der Waals surface area contributed by atoms with Crippen molar-refractivity contribution in [2.75, 3.05) is 18.4 Å². The van der Waals surface area contributed by atoms with Crippen LogP contribution in [0.3, 0.4) is 0 Å². The van der Waals surface area contributed by atoms with E-state index in [1.54, 1.807) is 35.2 Å². The quantitative estimate of drug-likeness (QED) is 0.742. The van der Waals surface area contributed by atoms with Crippen molar-refractivity contribution >= 4 is 29.2 Å². The standard InChI is InChI=1S/C19H20ClN3O2/c1-2-12-23(14-15-6-4-3-5-7-15)18(24)13-21-19(25)22-17-10-8-16(20)9-11-17/h2-11H,1,12-14H2,(H2,21,22,25). The zero-order valence-electron chi connectivity index (χ0n) is 13.7. The average Bonchev–Trinajstić information content (AvgIpc) is 2.62. The summed E-state index contributed by atoms with van der Waals surface area (Å²) in [6.45, 7) is 4.46. The van der Waals surface area contributed by atoms with Gasteiger partial charge in [0, 0.05) is 23.8 Å². The van der Waals surface area contributed by atoms with E-state index in [0.29, 0.717) is 23.8 Å². The lowest BCUT2D eigenvalue weighted by Crippen LogP contribution is -2.41. The molecule has 0 saturated carbocycles. The first-order valence-corrected chi connectivity index (χ1v) is 8.19. The molecule has 0 unspecified atom stereocenters. The molecule has 0 radical (unpaired) electrons. The number of hydrogen-bond acceptors (Lipinski definition) is 2. The maximum Gasteiger partial charge on any atom is 0.319 e.